The first kappa shape index (κ1) is 14.9. The molecule has 0 aliphatic carbocycles. The molecule has 0 aliphatic rings. The van der Waals surface area contributed by atoms with Crippen LogP contribution < -0.4 is 4.74 Å². The average molecular weight is 266 g/mol. The number of rotatable bonds is 6. The van der Waals surface area contributed by atoms with Gasteiger partial charge in [-0.2, -0.15) is 0 Å². The van der Waals surface area contributed by atoms with Crippen molar-refractivity contribution in [2.75, 3.05) is 13.7 Å². The first-order valence-corrected chi connectivity index (χ1v) is 5.94. The molecule has 0 amide bonds. The third-order valence-corrected chi connectivity index (χ3v) is 2.33. The maximum atomic E-state index is 11.3. The lowest BCUT2D eigenvalue weighted by atomic mass is 10.3. The fourth-order valence-electron chi connectivity index (χ4n) is 1.43. The molecule has 0 radical (unpaired) electrons. The summed E-state index contributed by atoms with van der Waals surface area (Å²) in [5.41, 5.74) is 0. The second-order valence-corrected chi connectivity index (χ2v) is 3.76. The Morgan fingerprint density at radius 3 is 2.53 bits per heavy atom. The second kappa shape index (κ2) is 7.31. The quantitative estimate of drug-likeness (QED) is 0.486. The van der Waals surface area contributed by atoms with Crippen LogP contribution in [0.1, 0.15) is 13.8 Å². The summed E-state index contributed by atoms with van der Waals surface area (Å²) < 4.78 is 15.5. The molecule has 5 nitrogen and oxygen atoms in total. The number of hydrogen-bond acceptors (Lipinski definition) is 5. The van der Waals surface area contributed by atoms with Crippen molar-refractivity contribution in [2.45, 2.75) is 20.0 Å². The van der Waals surface area contributed by atoms with E-state index in [9.17, 15) is 9.90 Å². The lowest BCUT2D eigenvalue weighted by Crippen LogP contribution is -2.18. The molecular formula is C14H18O5. The summed E-state index contributed by atoms with van der Waals surface area (Å²) in [4.78, 5) is 11.3. The van der Waals surface area contributed by atoms with Gasteiger partial charge in [0.2, 0.25) is 0 Å². The van der Waals surface area contributed by atoms with E-state index in [1.165, 1.54) is 25.3 Å². The fraction of sp³-hybridized carbons (Fsp3) is 0.357. The number of hydrogen-bond donors (Lipinski definition) is 1. The number of ether oxygens (including phenoxy) is 3. The Labute approximate surface area is 112 Å². The smallest absolute Gasteiger partial charge is 0.334 e. The summed E-state index contributed by atoms with van der Waals surface area (Å²) >= 11 is 0. The van der Waals surface area contributed by atoms with Crippen LogP contribution in [0.4, 0.5) is 0 Å². The van der Waals surface area contributed by atoms with Crippen molar-refractivity contribution in [3.8, 4) is 11.5 Å². The van der Waals surface area contributed by atoms with Crippen LogP contribution in [0.2, 0.25) is 0 Å². The molecule has 0 aliphatic heterocycles. The third-order valence-electron chi connectivity index (χ3n) is 2.33. The first-order chi connectivity index (χ1) is 9.06. The van der Waals surface area contributed by atoms with Gasteiger partial charge in [0, 0.05) is 0 Å². The lowest BCUT2D eigenvalue weighted by Gasteiger charge is -2.17. The van der Waals surface area contributed by atoms with Gasteiger partial charge in [0.15, 0.2) is 6.10 Å². The predicted molar refractivity (Wildman–Crippen MR) is 69.9 cm³/mol. The first-order valence-electron chi connectivity index (χ1n) is 5.94. The standard InChI is InChI=1S/C14H18O5/c1-4-18-14(16)9-13(17-3)10(2)19-12-7-5-11(15)6-8-12/h5-10,15H,4H2,1-3H3. The van der Waals surface area contributed by atoms with Crippen LogP contribution in [-0.4, -0.2) is 30.9 Å². The van der Waals surface area contributed by atoms with E-state index in [0.29, 0.717) is 18.1 Å². The van der Waals surface area contributed by atoms with E-state index in [-0.39, 0.29) is 5.75 Å². The molecule has 1 unspecified atom stereocenters. The number of benzene rings is 1. The van der Waals surface area contributed by atoms with Gasteiger partial charge in [-0.05, 0) is 38.1 Å². The van der Waals surface area contributed by atoms with Crippen LogP contribution >= 0.6 is 0 Å². The lowest BCUT2D eigenvalue weighted by molar-refractivity contribution is -0.137. The monoisotopic (exact) mass is 266 g/mol. The number of phenolic OH excluding ortho intramolecular Hbond substituents is 1. The molecule has 0 aromatic heterocycles. The summed E-state index contributed by atoms with van der Waals surface area (Å²) in [5.74, 6) is 0.623. The molecule has 0 fully saturated rings. The number of phenols is 1. The van der Waals surface area contributed by atoms with E-state index >= 15 is 0 Å². The highest BCUT2D eigenvalue weighted by molar-refractivity contribution is 5.82. The number of aromatic hydroxyl groups is 1. The maximum Gasteiger partial charge on any atom is 0.334 e. The number of carbonyl (C=O) groups excluding carboxylic acids is 1. The molecule has 1 aromatic rings. The summed E-state index contributed by atoms with van der Waals surface area (Å²) in [5, 5.41) is 9.17. The Hall–Kier alpha value is -2.17. The van der Waals surface area contributed by atoms with Crippen molar-refractivity contribution in [1.82, 2.24) is 0 Å². The molecule has 0 saturated heterocycles. The Morgan fingerprint density at radius 1 is 1.37 bits per heavy atom. The van der Waals surface area contributed by atoms with Crippen molar-refractivity contribution in [3.05, 3.63) is 36.1 Å². The molecule has 19 heavy (non-hydrogen) atoms. The summed E-state index contributed by atoms with van der Waals surface area (Å²) in [6.07, 6.45) is 0.813. The highest BCUT2D eigenvalue weighted by Crippen LogP contribution is 2.19. The average Bonchev–Trinajstić information content (AvgIpc) is 2.39. The molecule has 1 atom stereocenters. The minimum atomic E-state index is -0.472. The van der Waals surface area contributed by atoms with Crippen molar-refractivity contribution in [1.29, 1.82) is 0 Å². The van der Waals surface area contributed by atoms with Gasteiger partial charge in [-0.25, -0.2) is 4.79 Å². The summed E-state index contributed by atoms with van der Waals surface area (Å²) in [7, 11) is 1.46. The normalized spacial score (nSPS) is 12.7. The largest absolute Gasteiger partial charge is 0.508 e. The highest BCUT2D eigenvalue weighted by atomic mass is 16.5. The van der Waals surface area contributed by atoms with Crippen LogP contribution in [0.25, 0.3) is 0 Å². The fourth-order valence-corrected chi connectivity index (χ4v) is 1.43. The maximum absolute atomic E-state index is 11.3. The van der Waals surface area contributed by atoms with Gasteiger partial charge in [0.25, 0.3) is 0 Å². The minimum absolute atomic E-state index is 0.161. The van der Waals surface area contributed by atoms with E-state index < -0.39 is 12.1 Å². The van der Waals surface area contributed by atoms with Gasteiger partial charge >= 0.3 is 5.97 Å². The van der Waals surface area contributed by atoms with Gasteiger partial charge in [-0.15, -0.1) is 0 Å². The van der Waals surface area contributed by atoms with Gasteiger partial charge in [0.05, 0.1) is 19.8 Å². The Bertz CT molecular complexity index is 436. The minimum Gasteiger partial charge on any atom is -0.508 e. The van der Waals surface area contributed by atoms with Crippen molar-refractivity contribution < 1.29 is 24.1 Å². The van der Waals surface area contributed by atoms with Gasteiger partial charge in [-0.3, -0.25) is 0 Å². The van der Waals surface area contributed by atoms with Crippen molar-refractivity contribution >= 4 is 5.97 Å². The zero-order valence-electron chi connectivity index (χ0n) is 11.3. The molecule has 1 aromatic carbocycles. The van der Waals surface area contributed by atoms with E-state index in [1.807, 2.05) is 0 Å². The Kier molecular flexibility index (Phi) is 5.73. The predicted octanol–water partition coefficient (Wildman–Crippen LogP) is 2.25. The van der Waals surface area contributed by atoms with Gasteiger partial charge in [0.1, 0.15) is 17.3 Å². The molecule has 5 heteroatoms. The number of methoxy groups -OCH3 is 1. The Morgan fingerprint density at radius 2 is 2.00 bits per heavy atom. The Balaban J connectivity index is 2.70. The second-order valence-electron chi connectivity index (χ2n) is 3.76. The topological polar surface area (TPSA) is 65.0 Å². The zero-order chi connectivity index (χ0) is 14.3. The van der Waals surface area contributed by atoms with E-state index in [4.69, 9.17) is 14.2 Å². The molecular weight excluding hydrogens is 248 g/mol. The van der Waals surface area contributed by atoms with Crippen molar-refractivity contribution in [2.24, 2.45) is 0 Å². The third kappa shape index (κ3) is 4.91. The molecule has 0 spiro atoms. The van der Waals surface area contributed by atoms with Gasteiger partial charge < -0.3 is 19.3 Å². The SMILES string of the molecule is CCOC(=O)C=C(OC)C(C)Oc1ccc(O)cc1. The molecule has 1 N–H and O–H groups in total. The molecule has 0 bridgehead atoms. The van der Waals surface area contributed by atoms with Gasteiger partial charge in [-0.1, -0.05) is 0 Å². The van der Waals surface area contributed by atoms with Crippen LogP contribution in [0, 0.1) is 0 Å². The van der Waals surface area contributed by atoms with Crippen LogP contribution in [0.5, 0.6) is 11.5 Å². The number of esters is 1. The zero-order valence-corrected chi connectivity index (χ0v) is 11.3. The van der Waals surface area contributed by atoms with E-state index in [2.05, 4.69) is 0 Å². The molecule has 1 rings (SSSR count). The highest BCUT2D eigenvalue weighted by Gasteiger charge is 2.13. The molecule has 104 valence electrons. The van der Waals surface area contributed by atoms with Crippen molar-refractivity contribution in [3.63, 3.8) is 0 Å². The molecule has 0 heterocycles. The van der Waals surface area contributed by atoms with Crippen LogP contribution in [-0.2, 0) is 14.3 Å². The van der Waals surface area contributed by atoms with E-state index in [0.717, 1.165) is 0 Å². The summed E-state index contributed by atoms with van der Waals surface area (Å²) in [6, 6.07) is 6.29. The van der Waals surface area contributed by atoms with Crippen LogP contribution in [0.3, 0.4) is 0 Å². The molecule has 0 saturated carbocycles. The number of carbonyl (C=O) groups is 1. The van der Waals surface area contributed by atoms with Crippen LogP contribution in [0.15, 0.2) is 36.1 Å². The van der Waals surface area contributed by atoms with E-state index in [1.54, 1.807) is 26.0 Å². The summed E-state index contributed by atoms with van der Waals surface area (Å²) in [6.45, 7) is 3.79.